The van der Waals surface area contributed by atoms with E-state index >= 15 is 0 Å². The molecule has 1 nitrogen and oxygen atoms in total. The number of benzene rings is 1. The highest BCUT2D eigenvalue weighted by atomic mass is 79.9. The molecule has 1 rings (SSSR count). The Kier molecular flexibility index (Phi) is 3.60. The van der Waals surface area contributed by atoms with Crippen LogP contribution in [0.25, 0.3) is 0 Å². The Balaban J connectivity index is 2.77. The number of hydrogen-bond acceptors (Lipinski definition) is 1. The van der Waals surface area contributed by atoms with Crippen molar-refractivity contribution in [1.29, 1.82) is 0 Å². The van der Waals surface area contributed by atoms with Gasteiger partial charge in [0, 0.05) is 5.33 Å². The van der Waals surface area contributed by atoms with Crippen molar-refractivity contribution in [3.8, 4) is 5.75 Å². The molecule has 0 saturated carbocycles. The summed E-state index contributed by atoms with van der Waals surface area (Å²) in [6, 6.07) is 8.19. The van der Waals surface area contributed by atoms with E-state index in [1.165, 1.54) is 5.56 Å². The third-order valence-electron chi connectivity index (χ3n) is 1.92. The smallest absolute Gasteiger partial charge is 0.118 e. The standard InChI is InChI=1S/C10H13BrO/c1-8(7-11)9-3-5-10(12-2)6-4-9/h3-6,8H,7H2,1-2H3/t8-/m1/s1. The van der Waals surface area contributed by atoms with Crippen molar-refractivity contribution >= 4 is 15.9 Å². The molecule has 0 aromatic heterocycles. The minimum absolute atomic E-state index is 0.566. The van der Waals surface area contributed by atoms with Gasteiger partial charge in [0.2, 0.25) is 0 Å². The first-order valence-corrected chi connectivity index (χ1v) is 5.10. The SMILES string of the molecule is COc1ccc([C@H](C)CBr)cc1. The second-order valence-corrected chi connectivity index (χ2v) is 3.48. The van der Waals surface area contributed by atoms with E-state index in [4.69, 9.17) is 4.74 Å². The number of alkyl halides is 1. The zero-order chi connectivity index (χ0) is 8.97. The van der Waals surface area contributed by atoms with E-state index in [2.05, 4.69) is 35.0 Å². The highest BCUT2D eigenvalue weighted by Crippen LogP contribution is 2.20. The fraction of sp³-hybridized carbons (Fsp3) is 0.400. The van der Waals surface area contributed by atoms with Gasteiger partial charge in [-0.05, 0) is 23.6 Å². The first kappa shape index (κ1) is 9.59. The van der Waals surface area contributed by atoms with Gasteiger partial charge in [0.1, 0.15) is 5.75 Å². The Hall–Kier alpha value is -0.500. The van der Waals surface area contributed by atoms with E-state index in [1.54, 1.807) is 7.11 Å². The molecule has 1 aromatic carbocycles. The number of methoxy groups -OCH3 is 1. The summed E-state index contributed by atoms with van der Waals surface area (Å²) in [6.45, 7) is 2.19. The molecule has 0 spiro atoms. The fourth-order valence-corrected chi connectivity index (χ4v) is 1.40. The second-order valence-electron chi connectivity index (χ2n) is 2.83. The lowest BCUT2D eigenvalue weighted by molar-refractivity contribution is 0.414. The Bertz CT molecular complexity index is 230. The van der Waals surface area contributed by atoms with E-state index in [-0.39, 0.29) is 0 Å². The van der Waals surface area contributed by atoms with Crippen LogP contribution in [0.5, 0.6) is 5.75 Å². The molecule has 0 radical (unpaired) electrons. The molecule has 0 heterocycles. The van der Waals surface area contributed by atoms with Crippen LogP contribution in [0.3, 0.4) is 0 Å². The molecule has 0 saturated heterocycles. The van der Waals surface area contributed by atoms with E-state index in [0.29, 0.717) is 5.92 Å². The Labute approximate surface area is 81.9 Å². The molecule has 2 heteroatoms. The molecular formula is C10H13BrO. The van der Waals surface area contributed by atoms with Gasteiger partial charge in [-0.2, -0.15) is 0 Å². The summed E-state index contributed by atoms with van der Waals surface area (Å²) in [5.74, 6) is 1.48. The normalized spacial score (nSPS) is 12.6. The molecule has 0 fully saturated rings. The van der Waals surface area contributed by atoms with E-state index in [1.807, 2.05) is 12.1 Å². The number of halogens is 1. The molecular weight excluding hydrogens is 216 g/mol. The largest absolute Gasteiger partial charge is 0.497 e. The maximum Gasteiger partial charge on any atom is 0.118 e. The molecule has 66 valence electrons. The third-order valence-corrected chi connectivity index (χ3v) is 2.89. The minimum Gasteiger partial charge on any atom is -0.497 e. The van der Waals surface area contributed by atoms with Crippen LogP contribution in [-0.4, -0.2) is 12.4 Å². The molecule has 1 aromatic rings. The summed E-state index contributed by atoms with van der Waals surface area (Å²) in [5.41, 5.74) is 1.34. The highest BCUT2D eigenvalue weighted by Gasteiger charge is 2.02. The van der Waals surface area contributed by atoms with Crippen LogP contribution >= 0.6 is 15.9 Å². The zero-order valence-electron chi connectivity index (χ0n) is 7.38. The quantitative estimate of drug-likeness (QED) is 0.723. The molecule has 0 unspecified atom stereocenters. The van der Waals surface area contributed by atoms with Gasteiger partial charge < -0.3 is 4.74 Å². The molecule has 0 aliphatic heterocycles. The zero-order valence-corrected chi connectivity index (χ0v) is 8.97. The summed E-state index contributed by atoms with van der Waals surface area (Å²) in [6.07, 6.45) is 0. The first-order chi connectivity index (χ1) is 5.77. The number of ether oxygens (including phenoxy) is 1. The van der Waals surface area contributed by atoms with Crippen LogP contribution in [0.4, 0.5) is 0 Å². The van der Waals surface area contributed by atoms with Crippen molar-refractivity contribution in [2.24, 2.45) is 0 Å². The average molecular weight is 229 g/mol. The van der Waals surface area contributed by atoms with Gasteiger partial charge in [-0.1, -0.05) is 35.0 Å². The lowest BCUT2D eigenvalue weighted by Crippen LogP contribution is -1.93. The van der Waals surface area contributed by atoms with Crippen molar-refractivity contribution < 1.29 is 4.74 Å². The van der Waals surface area contributed by atoms with E-state index < -0.39 is 0 Å². The predicted molar refractivity (Wildman–Crippen MR) is 55.2 cm³/mol. The molecule has 0 amide bonds. The van der Waals surface area contributed by atoms with Crippen molar-refractivity contribution in [3.05, 3.63) is 29.8 Å². The van der Waals surface area contributed by atoms with Crippen molar-refractivity contribution in [2.75, 3.05) is 12.4 Å². The van der Waals surface area contributed by atoms with Crippen LogP contribution in [0.15, 0.2) is 24.3 Å². The van der Waals surface area contributed by atoms with Crippen molar-refractivity contribution in [3.63, 3.8) is 0 Å². The summed E-state index contributed by atoms with van der Waals surface area (Å²) in [4.78, 5) is 0. The van der Waals surface area contributed by atoms with Gasteiger partial charge in [0.15, 0.2) is 0 Å². The average Bonchev–Trinajstić information content (AvgIpc) is 2.17. The molecule has 0 bridgehead atoms. The number of rotatable bonds is 3. The summed E-state index contributed by atoms with van der Waals surface area (Å²) < 4.78 is 5.07. The third kappa shape index (κ3) is 2.24. The highest BCUT2D eigenvalue weighted by molar-refractivity contribution is 9.09. The van der Waals surface area contributed by atoms with Crippen molar-refractivity contribution in [2.45, 2.75) is 12.8 Å². The lowest BCUT2D eigenvalue weighted by atomic mass is 10.0. The van der Waals surface area contributed by atoms with Crippen LogP contribution < -0.4 is 4.74 Å². The fourth-order valence-electron chi connectivity index (χ4n) is 1.02. The monoisotopic (exact) mass is 228 g/mol. The summed E-state index contributed by atoms with van der Waals surface area (Å²) in [5, 5.41) is 0.999. The van der Waals surface area contributed by atoms with Gasteiger partial charge in [0.25, 0.3) is 0 Å². The summed E-state index contributed by atoms with van der Waals surface area (Å²) >= 11 is 3.46. The molecule has 12 heavy (non-hydrogen) atoms. The molecule has 0 aliphatic carbocycles. The molecule has 0 aliphatic rings. The molecule has 0 N–H and O–H groups in total. The maximum absolute atomic E-state index is 5.07. The van der Waals surface area contributed by atoms with Crippen LogP contribution in [0.2, 0.25) is 0 Å². The van der Waals surface area contributed by atoms with E-state index in [9.17, 15) is 0 Å². The van der Waals surface area contributed by atoms with Gasteiger partial charge in [-0.25, -0.2) is 0 Å². The number of hydrogen-bond donors (Lipinski definition) is 0. The minimum atomic E-state index is 0.566. The Morgan fingerprint density at radius 3 is 2.33 bits per heavy atom. The molecule has 1 atom stereocenters. The summed E-state index contributed by atoms with van der Waals surface area (Å²) in [7, 11) is 1.68. The van der Waals surface area contributed by atoms with Crippen LogP contribution in [0.1, 0.15) is 18.4 Å². The van der Waals surface area contributed by atoms with Crippen LogP contribution in [-0.2, 0) is 0 Å². The van der Waals surface area contributed by atoms with E-state index in [0.717, 1.165) is 11.1 Å². The van der Waals surface area contributed by atoms with Crippen molar-refractivity contribution in [1.82, 2.24) is 0 Å². The van der Waals surface area contributed by atoms with Gasteiger partial charge in [-0.3, -0.25) is 0 Å². The van der Waals surface area contributed by atoms with Gasteiger partial charge >= 0.3 is 0 Å². The predicted octanol–water partition coefficient (Wildman–Crippen LogP) is 3.19. The van der Waals surface area contributed by atoms with Crippen LogP contribution in [0, 0.1) is 0 Å². The second kappa shape index (κ2) is 4.51. The lowest BCUT2D eigenvalue weighted by Gasteiger charge is -2.08. The Morgan fingerprint density at radius 1 is 1.33 bits per heavy atom. The topological polar surface area (TPSA) is 9.23 Å². The van der Waals surface area contributed by atoms with Gasteiger partial charge in [-0.15, -0.1) is 0 Å². The first-order valence-electron chi connectivity index (χ1n) is 3.98. The maximum atomic E-state index is 5.07. The Morgan fingerprint density at radius 2 is 1.92 bits per heavy atom. The van der Waals surface area contributed by atoms with Gasteiger partial charge in [0.05, 0.1) is 7.11 Å².